The molecule has 4 nitrogen and oxygen atoms in total. The number of rotatable bonds is 3. The Morgan fingerprint density at radius 1 is 1.30 bits per heavy atom. The van der Waals surface area contributed by atoms with Crippen molar-refractivity contribution in [3.8, 4) is 0 Å². The van der Waals surface area contributed by atoms with Gasteiger partial charge in [0.25, 0.3) is 5.56 Å². The van der Waals surface area contributed by atoms with Crippen LogP contribution in [0.15, 0.2) is 23.0 Å². The highest BCUT2D eigenvalue weighted by atomic mass is 19.2. The molecule has 2 aromatic rings. The number of aromatic amines is 1. The number of hydrogen-bond donors (Lipinski definition) is 1. The summed E-state index contributed by atoms with van der Waals surface area (Å²) in [6.45, 7) is 1.38. The van der Waals surface area contributed by atoms with Crippen LogP contribution in [0.5, 0.6) is 0 Å². The largest absolute Gasteiger partial charge is 0.310 e. The summed E-state index contributed by atoms with van der Waals surface area (Å²) >= 11 is 0. The third-order valence-corrected chi connectivity index (χ3v) is 4.56. The van der Waals surface area contributed by atoms with Crippen molar-refractivity contribution in [1.82, 2.24) is 14.9 Å². The molecule has 0 radical (unpaired) electrons. The first-order valence-corrected chi connectivity index (χ1v) is 7.89. The normalized spacial score (nSPS) is 18.0. The first-order chi connectivity index (χ1) is 11.1. The van der Waals surface area contributed by atoms with E-state index in [2.05, 4.69) is 9.97 Å². The Hall–Kier alpha value is -2.08. The van der Waals surface area contributed by atoms with Gasteiger partial charge in [-0.3, -0.25) is 9.69 Å². The van der Waals surface area contributed by atoms with Crippen molar-refractivity contribution in [3.63, 3.8) is 0 Å². The van der Waals surface area contributed by atoms with Gasteiger partial charge < -0.3 is 4.98 Å². The molecular formula is C17H17F2N3O. The van der Waals surface area contributed by atoms with Gasteiger partial charge in [-0.15, -0.1) is 0 Å². The average Bonchev–Trinajstić information content (AvgIpc) is 3.37. The Labute approximate surface area is 132 Å². The average molecular weight is 317 g/mol. The van der Waals surface area contributed by atoms with Crippen molar-refractivity contribution in [2.24, 2.45) is 0 Å². The van der Waals surface area contributed by atoms with E-state index in [4.69, 9.17) is 0 Å². The van der Waals surface area contributed by atoms with E-state index in [1.165, 1.54) is 6.07 Å². The van der Waals surface area contributed by atoms with E-state index in [1.54, 1.807) is 6.07 Å². The molecule has 6 heteroatoms. The Balaban J connectivity index is 1.57. The second-order valence-electron chi connectivity index (χ2n) is 6.32. The van der Waals surface area contributed by atoms with Crippen LogP contribution in [0, 0.1) is 11.6 Å². The third-order valence-electron chi connectivity index (χ3n) is 4.56. The predicted molar refractivity (Wildman–Crippen MR) is 81.0 cm³/mol. The molecule has 1 N–H and O–H groups in total. The van der Waals surface area contributed by atoms with Crippen LogP contribution in [0.2, 0.25) is 0 Å². The molecule has 1 aliphatic heterocycles. The molecule has 2 aliphatic rings. The van der Waals surface area contributed by atoms with Crippen molar-refractivity contribution in [2.45, 2.75) is 38.3 Å². The van der Waals surface area contributed by atoms with Gasteiger partial charge in [0.15, 0.2) is 11.6 Å². The first-order valence-electron chi connectivity index (χ1n) is 7.89. The van der Waals surface area contributed by atoms with Crippen LogP contribution in [0.3, 0.4) is 0 Å². The molecule has 0 atom stereocenters. The quantitative estimate of drug-likeness (QED) is 0.946. The molecule has 0 saturated heterocycles. The van der Waals surface area contributed by atoms with E-state index in [-0.39, 0.29) is 12.1 Å². The fourth-order valence-corrected chi connectivity index (χ4v) is 3.10. The van der Waals surface area contributed by atoms with Crippen molar-refractivity contribution in [3.05, 3.63) is 62.8 Å². The zero-order valence-corrected chi connectivity index (χ0v) is 12.6. The Kier molecular flexibility index (Phi) is 3.49. The number of H-pyrrole nitrogens is 1. The molecule has 0 unspecified atom stereocenters. The lowest BCUT2D eigenvalue weighted by Crippen LogP contribution is -2.36. The van der Waals surface area contributed by atoms with E-state index in [0.717, 1.165) is 30.4 Å². The van der Waals surface area contributed by atoms with Crippen LogP contribution < -0.4 is 5.56 Å². The van der Waals surface area contributed by atoms with Crippen molar-refractivity contribution in [2.75, 3.05) is 6.54 Å². The van der Waals surface area contributed by atoms with Gasteiger partial charge in [-0.05, 0) is 18.9 Å². The zero-order chi connectivity index (χ0) is 16.0. The summed E-state index contributed by atoms with van der Waals surface area (Å²) in [6.07, 6.45) is 2.84. The van der Waals surface area contributed by atoms with E-state index in [9.17, 15) is 13.6 Å². The van der Waals surface area contributed by atoms with Gasteiger partial charge in [-0.1, -0.05) is 12.1 Å². The van der Waals surface area contributed by atoms with Crippen LogP contribution in [0.25, 0.3) is 0 Å². The maximum Gasteiger partial charge on any atom is 0.255 e. The van der Waals surface area contributed by atoms with E-state index in [1.807, 2.05) is 4.90 Å². The number of nitrogens with zero attached hydrogens (tertiary/aromatic N) is 2. The summed E-state index contributed by atoms with van der Waals surface area (Å²) < 4.78 is 27.1. The van der Waals surface area contributed by atoms with Crippen molar-refractivity contribution < 1.29 is 8.78 Å². The minimum atomic E-state index is -0.839. The Morgan fingerprint density at radius 2 is 2.13 bits per heavy atom. The Morgan fingerprint density at radius 3 is 2.91 bits per heavy atom. The molecule has 23 heavy (non-hydrogen) atoms. The number of fused-ring (bicyclic) bond motifs is 1. The maximum absolute atomic E-state index is 13.8. The van der Waals surface area contributed by atoms with Crippen LogP contribution in [0.4, 0.5) is 8.78 Å². The predicted octanol–water partition coefficient (Wildman–Crippen LogP) is 2.48. The number of hydrogen-bond acceptors (Lipinski definition) is 3. The van der Waals surface area contributed by atoms with Gasteiger partial charge in [0.2, 0.25) is 0 Å². The van der Waals surface area contributed by atoms with E-state index in [0.29, 0.717) is 36.6 Å². The van der Waals surface area contributed by atoms with Crippen LogP contribution in [-0.4, -0.2) is 21.4 Å². The van der Waals surface area contributed by atoms with Gasteiger partial charge in [0.1, 0.15) is 5.82 Å². The van der Waals surface area contributed by atoms with E-state index >= 15 is 0 Å². The monoisotopic (exact) mass is 317 g/mol. The molecule has 1 aromatic carbocycles. The highest BCUT2D eigenvalue weighted by Gasteiger charge is 2.29. The summed E-state index contributed by atoms with van der Waals surface area (Å²) in [5, 5.41) is 0. The minimum Gasteiger partial charge on any atom is -0.310 e. The number of benzene rings is 1. The molecule has 4 rings (SSSR count). The SMILES string of the molecule is O=c1[nH]c(C2CC2)nc2c1CN(Cc1cccc(F)c1F)CC2. The summed E-state index contributed by atoms with van der Waals surface area (Å²) in [4.78, 5) is 21.7. The van der Waals surface area contributed by atoms with Crippen LogP contribution in [0.1, 0.15) is 41.4 Å². The second kappa shape index (κ2) is 5.53. The fourth-order valence-electron chi connectivity index (χ4n) is 3.10. The molecule has 1 saturated carbocycles. The maximum atomic E-state index is 13.8. The van der Waals surface area contributed by atoms with Crippen LogP contribution in [-0.2, 0) is 19.5 Å². The standard InChI is InChI=1S/C17H17F2N3O/c18-13-3-1-2-11(15(13)19)8-22-7-6-14-12(9-22)17(23)21-16(20-14)10-4-5-10/h1-3,10H,4-9H2,(H,20,21,23). The number of aromatic nitrogens is 2. The van der Waals surface area contributed by atoms with Gasteiger partial charge in [0, 0.05) is 37.5 Å². The highest BCUT2D eigenvalue weighted by Crippen LogP contribution is 2.37. The lowest BCUT2D eigenvalue weighted by atomic mass is 10.1. The second-order valence-corrected chi connectivity index (χ2v) is 6.32. The fraction of sp³-hybridized carbons (Fsp3) is 0.412. The summed E-state index contributed by atoms with van der Waals surface area (Å²) in [5.74, 6) is -0.436. The number of nitrogens with one attached hydrogen (secondary N) is 1. The molecule has 120 valence electrons. The summed E-state index contributed by atoms with van der Waals surface area (Å²) in [6, 6.07) is 4.19. The molecule has 0 spiro atoms. The third kappa shape index (κ3) is 2.79. The lowest BCUT2D eigenvalue weighted by Gasteiger charge is -2.27. The zero-order valence-electron chi connectivity index (χ0n) is 12.6. The molecule has 2 heterocycles. The van der Waals surface area contributed by atoms with Gasteiger partial charge in [-0.25, -0.2) is 13.8 Å². The van der Waals surface area contributed by atoms with Crippen molar-refractivity contribution >= 4 is 0 Å². The number of halogens is 2. The first kappa shape index (κ1) is 14.5. The summed E-state index contributed by atoms with van der Waals surface area (Å²) in [5.41, 5.74) is 1.72. The van der Waals surface area contributed by atoms with Crippen molar-refractivity contribution in [1.29, 1.82) is 0 Å². The smallest absolute Gasteiger partial charge is 0.255 e. The minimum absolute atomic E-state index is 0.0960. The van der Waals surface area contributed by atoms with Gasteiger partial charge in [-0.2, -0.15) is 0 Å². The molecule has 1 aliphatic carbocycles. The molecule has 1 aromatic heterocycles. The topological polar surface area (TPSA) is 49.0 Å². The molecule has 0 amide bonds. The molecule has 0 bridgehead atoms. The van der Waals surface area contributed by atoms with E-state index < -0.39 is 11.6 Å². The van der Waals surface area contributed by atoms with Crippen LogP contribution >= 0.6 is 0 Å². The lowest BCUT2D eigenvalue weighted by molar-refractivity contribution is 0.237. The molecular weight excluding hydrogens is 300 g/mol. The highest BCUT2D eigenvalue weighted by molar-refractivity contribution is 5.24. The van der Waals surface area contributed by atoms with Gasteiger partial charge in [0.05, 0.1) is 11.3 Å². The van der Waals surface area contributed by atoms with Gasteiger partial charge >= 0.3 is 0 Å². The Bertz CT molecular complexity index is 814. The summed E-state index contributed by atoms with van der Waals surface area (Å²) in [7, 11) is 0. The molecule has 1 fully saturated rings.